The smallest absolute Gasteiger partial charge is 0.115 e. The largest absolute Gasteiger partial charge is 0.383 e. The molecule has 3 rings (SSSR count). The molecule has 2 aromatic heterocycles. The highest BCUT2D eigenvalue weighted by atomic mass is 32.1. The predicted molar refractivity (Wildman–Crippen MR) is 82.3 cm³/mol. The van der Waals surface area contributed by atoms with Crippen molar-refractivity contribution in [1.82, 2.24) is 25.3 Å². The van der Waals surface area contributed by atoms with E-state index >= 15 is 0 Å². The van der Waals surface area contributed by atoms with Crippen LogP contribution in [0.25, 0.3) is 10.2 Å². The lowest BCUT2D eigenvalue weighted by atomic mass is 10.3. The third kappa shape index (κ3) is 3.63. The maximum atomic E-state index is 4.98. The van der Waals surface area contributed by atoms with Crippen molar-refractivity contribution in [2.75, 3.05) is 20.3 Å². The first-order valence-corrected chi connectivity index (χ1v) is 7.60. The Morgan fingerprint density at radius 1 is 1.33 bits per heavy atom. The minimum absolute atomic E-state index is 0.657. The van der Waals surface area contributed by atoms with Crippen LogP contribution in [0.4, 0.5) is 0 Å². The number of fused-ring (bicyclic) bond motifs is 1. The Bertz CT molecular complexity index is 675. The Hall–Kier alpha value is -1.83. The molecule has 2 heterocycles. The fourth-order valence-electron chi connectivity index (χ4n) is 2.01. The molecule has 0 amide bonds. The standard InChI is InChI=1S/C14H17N5OS/c1-20-7-6-15-8-11-9-19(18-17-11)10-14-16-12-4-2-3-5-13(12)21-14/h2-5,9,15H,6-8,10H2,1H3. The summed E-state index contributed by atoms with van der Waals surface area (Å²) in [6, 6.07) is 8.15. The van der Waals surface area contributed by atoms with E-state index in [-0.39, 0.29) is 0 Å². The van der Waals surface area contributed by atoms with Crippen LogP contribution in [0.2, 0.25) is 0 Å². The Labute approximate surface area is 126 Å². The number of rotatable bonds is 7. The molecule has 21 heavy (non-hydrogen) atoms. The molecule has 1 N–H and O–H groups in total. The third-order valence-corrected chi connectivity index (χ3v) is 4.03. The topological polar surface area (TPSA) is 64.9 Å². The average Bonchev–Trinajstić information content (AvgIpc) is 3.10. The monoisotopic (exact) mass is 303 g/mol. The van der Waals surface area contributed by atoms with Gasteiger partial charge in [0.1, 0.15) is 5.01 Å². The summed E-state index contributed by atoms with van der Waals surface area (Å²) < 4.78 is 8.01. The average molecular weight is 303 g/mol. The van der Waals surface area contributed by atoms with Gasteiger partial charge < -0.3 is 10.1 Å². The second-order valence-electron chi connectivity index (χ2n) is 4.65. The minimum Gasteiger partial charge on any atom is -0.383 e. The van der Waals surface area contributed by atoms with E-state index in [0.717, 1.165) is 22.8 Å². The summed E-state index contributed by atoms with van der Waals surface area (Å²) in [5, 5.41) is 12.6. The van der Waals surface area contributed by atoms with Crippen molar-refractivity contribution in [2.45, 2.75) is 13.1 Å². The molecule has 0 bridgehead atoms. The molecule has 0 atom stereocenters. The maximum Gasteiger partial charge on any atom is 0.115 e. The molecule has 0 saturated heterocycles. The first-order chi connectivity index (χ1) is 10.3. The van der Waals surface area contributed by atoms with Crippen LogP contribution in [-0.4, -0.2) is 40.2 Å². The number of hydrogen-bond donors (Lipinski definition) is 1. The molecule has 0 unspecified atom stereocenters. The van der Waals surface area contributed by atoms with E-state index in [1.165, 1.54) is 4.70 Å². The fourth-order valence-corrected chi connectivity index (χ4v) is 2.97. The third-order valence-electron chi connectivity index (χ3n) is 3.01. The normalized spacial score (nSPS) is 11.3. The van der Waals surface area contributed by atoms with Crippen molar-refractivity contribution in [1.29, 1.82) is 0 Å². The number of nitrogens with one attached hydrogen (secondary N) is 1. The second kappa shape index (κ2) is 6.75. The van der Waals surface area contributed by atoms with Crippen molar-refractivity contribution in [3.63, 3.8) is 0 Å². The van der Waals surface area contributed by atoms with Gasteiger partial charge in [-0.25, -0.2) is 9.67 Å². The number of thiazole rings is 1. The lowest BCUT2D eigenvalue weighted by Crippen LogP contribution is -2.18. The van der Waals surface area contributed by atoms with Gasteiger partial charge in [-0.2, -0.15) is 0 Å². The van der Waals surface area contributed by atoms with Crippen molar-refractivity contribution in [3.05, 3.63) is 41.2 Å². The minimum atomic E-state index is 0.657. The van der Waals surface area contributed by atoms with Crippen LogP contribution in [0.15, 0.2) is 30.5 Å². The molecule has 110 valence electrons. The van der Waals surface area contributed by atoms with Crippen LogP contribution in [0, 0.1) is 0 Å². The highest BCUT2D eigenvalue weighted by molar-refractivity contribution is 7.18. The molecule has 0 fully saturated rings. The van der Waals surface area contributed by atoms with Crippen LogP contribution in [0.3, 0.4) is 0 Å². The molecular formula is C14H17N5OS. The van der Waals surface area contributed by atoms with Gasteiger partial charge in [-0.3, -0.25) is 0 Å². The lowest BCUT2D eigenvalue weighted by molar-refractivity contribution is 0.199. The summed E-state index contributed by atoms with van der Waals surface area (Å²) in [5.41, 5.74) is 1.96. The molecule has 0 radical (unpaired) electrons. The molecule has 6 nitrogen and oxygen atoms in total. The van der Waals surface area contributed by atoms with Crippen LogP contribution in [0.1, 0.15) is 10.7 Å². The lowest BCUT2D eigenvalue weighted by Gasteiger charge is -1.99. The predicted octanol–water partition coefficient (Wildman–Crippen LogP) is 1.67. The van der Waals surface area contributed by atoms with E-state index in [4.69, 9.17) is 4.74 Å². The number of aromatic nitrogens is 4. The molecule has 3 aromatic rings. The Balaban J connectivity index is 1.61. The Morgan fingerprint density at radius 3 is 3.10 bits per heavy atom. The molecule has 1 aromatic carbocycles. The molecule has 0 aliphatic carbocycles. The maximum absolute atomic E-state index is 4.98. The van der Waals surface area contributed by atoms with E-state index in [1.807, 2.05) is 29.1 Å². The molecule has 7 heteroatoms. The van der Waals surface area contributed by atoms with Gasteiger partial charge in [-0.1, -0.05) is 17.3 Å². The van der Waals surface area contributed by atoms with Gasteiger partial charge >= 0.3 is 0 Å². The van der Waals surface area contributed by atoms with Crippen LogP contribution in [-0.2, 0) is 17.8 Å². The van der Waals surface area contributed by atoms with E-state index < -0.39 is 0 Å². The molecule has 0 spiro atoms. The number of ether oxygens (including phenoxy) is 1. The zero-order chi connectivity index (χ0) is 14.5. The highest BCUT2D eigenvalue weighted by Crippen LogP contribution is 2.21. The number of benzene rings is 1. The van der Waals surface area contributed by atoms with Gasteiger partial charge in [-0.05, 0) is 12.1 Å². The summed E-state index contributed by atoms with van der Waals surface area (Å²) >= 11 is 1.69. The van der Waals surface area contributed by atoms with Gasteiger partial charge in [0.2, 0.25) is 0 Å². The Morgan fingerprint density at radius 2 is 2.24 bits per heavy atom. The zero-order valence-electron chi connectivity index (χ0n) is 11.8. The Kier molecular flexibility index (Phi) is 4.54. The van der Waals surface area contributed by atoms with E-state index in [1.54, 1.807) is 18.4 Å². The van der Waals surface area contributed by atoms with E-state index in [9.17, 15) is 0 Å². The fraction of sp³-hybridized carbons (Fsp3) is 0.357. The van der Waals surface area contributed by atoms with E-state index in [2.05, 4.69) is 26.7 Å². The molecular weight excluding hydrogens is 286 g/mol. The number of hydrogen-bond acceptors (Lipinski definition) is 6. The number of nitrogens with zero attached hydrogens (tertiary/aromatic N) is 4. The van der Waals surface area contributed by atoms with Crippen molar-refractivity contribution >= 4 is 21.6 Å². The number of methoxy groups -OCH3 is 1. The molecule has 0 aliphatic heterocycles. The van der Waals surface area contributed by atoms with Crippen molar-refractivity contribution in [2.24, 2.45) is 0 Å². The van der Waals surface area contributed by atoms with E-state index in [0.29, 0.717) is 19.7 Å². The zero-order valence-corrected chi connectivity index (χ0v) is 12.6. The highest BCUT2D eigenvalue weighted by Gasteiger charge is 2.06. The molecule has 0 saturated carbocycles. The SMILES string of the molecule is COCCNCc1cn(Cc2nc3ccccc3s2)nn1. The van der Waals surface area contributed by atoms with Crippen molar-refractivity contribution < 1.29 is 4.74 Å². The van der Waals surface area contributed by atoms with Crippen LogP contribution < -0.4 is 5.32 Å². The molecule has 0 aliphatic rings. The first-order valence-electron chi connectivity index (χ1n) is 6.78. The van der Waals surface area contributed by atoms with Gasteiger partial charge in [0.05, 0.1) is 35.3 Å². The number of para-hydroxylation sites is 1. The van der Waals surface area contributed by atoms with Gasteiger partial charge in [0, 0.05) is 20.2 Å². The summed E-state index contributed by atoms with van der Waals surface area (Å²) in [7, 11) is 1.69. The van der Waals surface area contributed by atoms with Crippen LogP contribution >= 0.6 is 11.3 Å². The van der Waals surface area contributed by atoms with Crippen molar-refractivity contribution in [3.8, 4) is 0 Å². The summed E-state index contributed by atoms with van der Waals surface area (Å²) in [4.78, 5) is 4.60. The summed E-state index contributed by atoms with van der Waals surface area (Å²) in [5.74, 6) is 0. The van der Waals surface area contributed by atoms with Crippen LogP contribution in [0.5, 0.6) is 0 Å². The summed E-state index contributed by atoms with van der Waals surface area (Å²) in [6.07, 6.45) is 1.95. The van der Waals surface area contributed by atoms with Gasteiger partial charge in [0.15, 0.2) is 0 Å². The summed E-state index contributed by atoms with van der Waals surface area (Å²) in [6.45, 7) is 2.86. The second-order valence-corrected chi connectivity index (χ2v) is 5.77. The first kappa shape index (κ1) is 14.1. The quantitative estimate of drug-likeness (QED) is 0.673. The van der Waals surface area contributed by atoms with Gasteiger partial charge in [-0.15, -0.1) is 16.4 Å². The van der Waals surface area contributed by atoms with Gasteiger partial charge in [0.25, 0.3) is 0 Å².